The minimum atomic E-state index is -0.200. The van der Waals surface area contributed by atoms with E-state index in [0.29, 0.717) is 41.2 Å². The van der Waals surface area contributed by atoms with Gasteiger partial charge in [-0.25, -0.2) is 0 Å². The molecular weight excluding hydrogens is 354 g/mol. The Labute approximate surface area is 162 Å². The number of carbonyl (C=O) groups is 2. The first-order chi connectivity index (χ1) is 13.6. The number of amides is 1. The molecule has 0 aliphatic heterocycles. The number of benzene rings is 2. The van der Waals surface area contributed by atoms with Crippen molar-refractivity contribution in [1.29, 1.82) is 5.26 Å². The Morgan fingerprint density at radius 2 is 1.93 bits per heavy atom. The third kappa shape index (κ3) is 4.65. The lowest BCUT2D eigenvalue weighted by atomic mass is 10.1. The molecule has 0 atom stereocenters. The highest BCUT2D eigenvalue weighted by Crippen LogP contribution is 2.19. The van der Waals surface area contributed by atoms with E-state index in [1.54, 1.807) is 54.8 Å². The van der Waals surface area contributed by atoms with E-state index in [9.17, 15) is 9.59 Å². The molecule has 2 aromatic carbocycles. The number of anilines is 1. The van der Waals surface area contributed by atoms with Crippen molar-refractivity contribution in [3.05, 3.63) is 88.9 Å². The number of rotatable bonds is 7. The summed E-state index contributed by atoms with van der Waals surface area (Å²) in [6.07, 6.45) is 1.56. The summed E-state index contributed by atoms with van der Waals surface area (Å²) in [7, 11) is 0. The number of hydrogen-bond donors (Lipinski definition) is 2. The molecule has 0 unspecified atom stereocenters. The summed E-state index contributed by atoms with van der Waals surface area (Å²) < 4.78 is 5.21. The first-order valence-corrected chi connectivity index (χ1v) is 8.75. The van der Waals surface area contributed by atoms with Crippen LogP contribution in [0.25, 0.3) is 0 Å². The molecule has 0 aliphatic carbocycles. The van der Waals surface area contributed by atoms with E-state index < -0.39 is 0 Å². The van der Waals surface area contributed by atoms with Crippen molar-refractivity contribution in [2.75, 3.05) is 5.32 Å². The van der Waals surface area contributed by atoms with E-state index in [1.807, 2.05) is 6.07 Å². The molecule has 0 fully saturated rings. The predicted octanol–water partition coefficient (Wildman–Crippen LogP) is 3.90. The molecule has 0 spiro atoms. The summed E-state index contributed by atoms with van der Waals surface area (Å²) in [6.45, 7) is 2.21. The molecule has 6 heteroatoms. The van der Waals surface area contributed by atoms with Crippen LogP contribution in [0.4, 0.5) is 5.69 Å². The van der Waals surface area contributed by atoms with Gasteiger partial charge in [-0.2, -0.15) is 5.26 Å². The molecule has 2 N–H and O–H groups in total. The van der Waals surface area contributed by atoms with E-state index >= 15 is 0 Å². The molecule has 1 aromatic heterocycles. The first-order valence-electron chi connectivity index (χ1n) is 8.75. The second-order valence-electron chi connectivity index (χ2n) is 6.24. The first kappa shape index (κ1) is 18.9. The summed E-state index contributed by atoms with van der Waals surface area (Å²) in [5, 5.41) is 15.1. The van der Waals surface area contributed by atoms with Gasteiger partial charge in [0, 0.05) is 23.4 Å². The SMILES string of the molecule is CC(=O)c1ccc(C#N)cc1NCc1cccc(C(=O)NCc2ccco2)c1. The zero-order valence-corrected chi connectivity index (χ0v) is 15.4. The van der Waals surface area contributed by atoms with E-state index in [-0.39, 0.29) is 11.7 Å². The fraction of sp³-hybridized carbons (Fsp3) is 0.136. The average Bonchev–Trinajstić information content (AvgIpc) is 3.24. The summed E-state index contributed by atoms with van der Waals surface area (Å²) in [6, 6.07) is 17.7. The minimum Gasteiger partial charge on any atom is -0.467 e. The molecule has 1 amide bonds. The van der Waals surface area contributed by atoms with Crippen molar-refractivity contribution < 1.29 is 14.0 Å². The lowest BCUT2D eigenvalue weighted by Gasteiger charge is -2.12. The summed E-state index contributed by atoms with van der Waals surface area (Å²) in [5.74, 6) is 0.396. The summed E-state index contributed by atoms with van der Waals surface area (Å²) >= 11 is 0. The Balaban J connectivity index is 1.69. The normalized spacial score (nSPS) is 10.1. The van der Waals surface area contributed by atoms with Crippen molar-refractivity contribution in [2.45, 2.75) is 20.0 Å². The van der Waals surface area contributed by atoms with Crippen LogP contribution < -0.4 is 10.6 Å². The molecule has 0 saturated carbocycles. The van der Waals surface area contributed by atoms with Crippen molar-refractivity contribution in [3.8, 4) is 6.07 Å². The molecular formula is C22H19N3O3. The van der Waals surface area contributed by atoms with Crippen molar-refractivity contribution >= 4 is 17.4 Å². The molecule has 1 heterocycles. The number of ketones is 1. The van der Waals surface area contributed by atoms with E-state index in [0.717, 1.165) is 5.56 Å². The van der Waals surface area contributed by atoms with Crippen LogP contribution >= 0.6 is 0 Å². The number of nitrogens with zero attached hydrogens (tertiary/aromatic N) is 1. The molecule has 140 valence electrons. The predicted molar refractivity (Wildman–Crippen MR) is 105 cm³/mol. The number of hydrogen-bond acceptors (Lipinski definition) is 5. The molecule has 28 heavy (non-hydrogen) atoms. The minimum absolute atomic E-state index is 0.0851. The van der Waals surface area contributed by atoms with Crippen molar-refractivity contribution in [2.24, 2.45) is 0 Å². The van der Waals surface area contributed by atoms with Gasteiger partial charge in [0.25, 0.3) is 5.91 Å². The maximum Gasteiger partial charge on any atom is 0.251 e. The van der Waals surface area contributed by atoms with Gasteiger partial charge in [-0.1, -0.05) is 12.1 Å². The van der Waals surface area contributed by atoms with Gasteiger partial charge in [0.2, 0.25) is 0 Å². The average molecular weight is 373 g/mol. The van der Waals surface area contributed by atoms with Crippen molar-refractivity contribution in [1.82, 2.24) is 5.32 Å². The van der Waals surface area contributed by atoms with Gasteiger partial charge < -0.3 is 15.1 Å². The summed E-state index contributed by atoms with van der Waals surface area (Å²) in [4.78, 5) is 24.1. The molecule has 0 radical (unpaired) electrons. The van der Waals surface area contributed by atoms with Crippen LogP contribution in [0.2, 0.25) is 0 Å². The lowest BCUT2D eigenvalue weighted by molar-refractivity contribution is 0.0947. The quantitative estimate of drug-likeness (QED) is 0.613. The Morgan fingerprint density at radius 3 is 2.64 bits per heavy atom. The molecule has 0 aliphatic rings. The van der Waals surface area contributed by atoms with E-state index in [1.165, 1.54) is 6.92 Å². The number of furan rings is 1. The zero-order chi connectivity index (χ0) is 19.9. The van der Waals surface area contributed by atoms with Gasteiger partial charge in [-0.05, 0) is 55.0 Å². The molecule has 3 rings (SSSR count). The number of carbonyl (C=O) groups excluding carboxylic acids is 2. The van der Waals surface area contributed by atoms with Crippen LogP contribution in [0.5, 0.6) is 0 Å². The fourth-order valence-electron chi connectivity index (χ4n) is 2.77. The molecule has 3 aromatic rings. The second kappa shape index (κ2) is 8.69. The van der Waals surface area contributed by atoms with Crippen LogP contribution in [0.1, 0.15) is 44.5 Å². The Hall–Kier alpha value is -3.85. The highest BCUT2D eigenvalue weighted by Gasteiger charge is 2.10. The van der Waals surface area contributed by atoms with Gasteiger partial charge in [0.05, 0.1) is 24.4 Å². The van der Waals surface area contributed by atoms with Gasteiger partial charge in [0.15, 0.2) is 5.78 Å². The molecule has 6 nitrogen and oxygen atoms in total. The second-order valence-corrected chi connectivity index (χ2v) is 6.24. The van der Waals surface area contributed by atoms with Crippen molar-refractivity contribution in [3.63, 3.8) is 0 Å². The summed E-state index contributed by atoms with van der Waals surface area (Å²) in [5.41, 5.74) is 3.00. The van der Waals surface area contributed by atoms with Crippen LogP contribution in [0.3, 0.4) is 0 Å². The monoisotopic (exact) mass is 373 g/mol. The van der Waals surface area contributed by atoms with Gasteiger partial charge in [-0.15, -0.1) is 0 Å². The van der Waals surface area contributed by atoms with Crippen LogP contribution in [-0.2, 0) is 13.1 Å². The molecule has 0 saturated heterocycles. The van der Waals surface area contributed by atoms with Crippen LogP contribution in [0.15, 0.2) is 65.3 Å². The maximum absolute atomic E-state index is 12.3. The van der Waals surface area contributed by atoms with E-state index in [2.05, 4.69) is 16.7 Å². The topological polar surface area (TPSA) is 95.1 Å². The Kier molecular flexibility index (Phi) is 5.87. The van der Waals surface area contributed by atoms with Gasteiger partial charge >= 0.3 is 0 Å². The van der Waals surface area contributed by atoms with Crippen LogP contribution in [-0.4, -0.2) is 11.7 Å². The standard InChI is InChI=1S/C22H19N3O3/c1-15(26)20-8-7-16(12-23)11-21(20)24-13-17-4-2-5-18(10-17)22(27)25-14-19-6-3-9-28-19/h2-11,24H,13-14H2,1H3,(H,25,27). The van der Waals surface area contributed by atoms with Crippen LogP contribution in [0, 0.1) is 11.3 Å². The highest BCUT2D eigenvalue weighted by molar-refractivity contribution is 5.99. The maximum atomic E-state index is 12.3. The number of nitriles is 1. The third-order valence-electron chi connectivity index (χ3n) is 4.20. The Bertz CT molecular complexity index is 1030. The molecule has 0 bridgehead atoms. The largest absolute Gasteiger partial charge is 0.467 e. The van der Waals surface area contributed by atoms with Gasteiger partial charge in [0.1, 0.15) is 5.76 Å². The zero-order valence-electron chi connectivity index (χ0n) is 15.4. The Morgan fingerprint density at radius 1 is 1.07 bits per heavy atom. The smallest absolute Gasteiger partial charge is 0.251 e. The van der Waals surface area contributed by atoms with Gasteiger partial charge in [-0.3, -0.25) is 9.59 Å². The number of Topliss-reactive ketones (excluding diaryl/α,β-unsaturated/α-hetero) is 1. The van der Waals surface area contributed by atoms with E-state index in [4.69, 9.17) is 9.68 Å². The number of nitrogens with one attached hydrogen (secondary N) is 2. The third-order valence-corrected chi connectivity index (χ3v) is 4.20. The lowest BCUT2D eigenvalue weighted by Crippen LogP contribution is -2.22. The fourth-order valence-corrected chi connectivity index (χ4v) is 2.77. The highest BCUT2D eigenvalue weighted by atomic mass is 16.3.